The van der Waals surface area contributed by atoms with Gasteiger partial charge in [-0.2, -0.15) is 13.2 Å². The first-order chi connectivity index (χ1) is 20.0. The number of benzene rings is 3. The fraction of sp³-hybridized carbons (Fsp3) is 0.250. The maximum Gasteiger partial charge on any atom is 0.416 e. The molecule has 6 nitrogen and oxygen atoms in total. The van der Waals surface area contributed by atoms with E-state index in [0.717, 1.165) is 24.7 Å². The minimum absolute atomic E-state index is 0.0410. The number of aryl methyl sites for hydroxylation is 1. The van der Waals surface area contributed by atoms with Crippen LogP contribution in [0.5, 0.6) is 0 Å². The standard InChI is InChI=1S/C32H29F4N5O/c1-20-3-4-22(15-21(20)7-10-27-28-16-25(33)8-5-23(28)18-38-30(27)37)31(42)39-26-9-6-24(29(17-26)32(34,35)36)19-41-13-11-40(2)12-14-41/h3-6,8-9,15-18H,11-14,19H2,1-2H3,(H2,37,38)(H,39,42). The van der Waals surface area contributed by atoms with E-state index in [-0.39, 0.29) is 29.2 Å². The number of halogens is 4. The molecule has 42 heavy (non-hydrogen) atoms. The van der Waals surface area contributed by atoms with Gasteiger partial charge in [-0.3, -0.25) is 9.69 Å². The van der Waals surface area contributed by atoms with Crippen LogP contribution in [0.3, 0.4) is 0 Å². The largest absolute Gasteiger partial charge is 0.416 e. The summed E-state index contributed by atoms with van der Waals surface area (Å²) in [6, 6.07) is 13.0. The van der Waals surface area contributed by atoms with Crippen molar-refractivity contribution in [1.29, 1.82) is 0 Å². The number of pyridine rings is 1. The number of hydrogen-bond donors (Lipinski definition) is 2. The highest BCUT2D eigenvalue weighted by Gasteiger charge is 2.34. The number of fused-ring (bicyclic) bond motifs is 1. The first-order valence-electron chi connectivity index (χ1n) is 13.4. The lowest BCUT2D eigenvalue weighted by atomic mass is 10.0. The number of nitrogen functional groups attached to an aromatic ring is 1. The van der Waals surface area contributed by atoms with Gasteiger partial charge in [0.05, 0.1) is 11.1 Å². The number of carbonyl (C=O) groups excluding carboxylic acids is 1. The fourth-order valence-corrected chi connectivity index (χ4v) is 4.86. The molecule has 3 aromatic carbocycles. The van der Waals surface area contributed by atoms with Crippen molar-refractivity contribution in [3.8, 4) is 11.8 Å². The van der Waals surface area contributed by atoms with Crippen LogP contribution in [0, 0.1) is 24.6 Å². The molecule has 3 N–H and O–H groups in total. The van der Waals surface area contributed by atoms with Gasteiger partial charge in [-0.25, -0.2) is 9.37 Å². The van der Waals surface area contributed by atoms with Crippen LogP contribution in [-0.4, -0.2) is 53.9 Å². The van der Waals surface area contributed by atoms with Gasteiger partial charge >= 0.3 is 6.18 Å². The van der Waals surface area contributed by atoms with E-state index in [4.69, 9.17) is 5.73 Å². The Morgan fingerprint density at radius 2 is 1.79 bits per heavy atom. The molecule has 0 bridgehead atoms. The molecule has 0 unspecified atom stereocenters. The van der Waals surface area contributed by atoms with Gasteiger partial charge in [0.15, 0.2) is 0 Å². The van der Waals surface area contributed by atoms with E-state index in [9.17, 15) is 22.4 Å². The summed E-state index contributed by atoms with van der Waals surface area (Å²) in [6.07, 6.45) is -3.04. The molecule has 216 valence electrons. The second-order valence-electron chi connectivity index (χ2n) is 10.4. The molecule has 0 saturated carbocycles. The normalized spacial score (nSPS) is 14.4. The van der Waals surface area contributed by atoms with Gasteiger partial charge in [0, 0.05) is 66.5 Å². The summed E-state index contributed by atoms with van der Waals surface area (Å²) >= 11 is 0. The Hall–Kier alpha value is -4.46. The fourth-order valence-electron chi connectivity index (χ4n) is 4.86. The van der Waals surface area contributed by atoms with Gasteiger partial charge in [0.1, 0.15) is 11.6 Å². The number of rotatable bonds is 4. The molecule has 1 aliphatic heterocycles. The number of aromatic nitrogens is 1. The number of hydrogen-bond acceptors (Lipinski definition) is 5. The van der Waals surface area contributed by atoms with Crippen LogP contribution < -0.4 is 11.1 Å². The highest BCUT2D eigenvalue weighted by atomic mass is 19.4. The van der Waals surface area contributed by atoms with E-state index in [1.807, 2.05) is 18.9 Å². The summed E-state index contributed by atoms with van der Waals surface area (Å²) in [5, 5.41) is 3.77. The monoisotopic (exact) mass is 575 g/mol. The van der Waals surface area contributed by atoms with Gasteiger partial charge in [0.25, 0.3) is 5.91 Å². The number of nitrogens with zero attached hydrogens (tertiary/aromatic N) is 3. The zero-order chi connectivity index (χ0) is 30.0. The maximum atomic E-state index is 14.0. The van der Waals surface area contributed by atoms with Gasteiger partial charge in [0.2, 0.25) is 0 Å². The SMILES string of the molecule is Cc1ccc(C(=O)Nc2ccc(CN3CCN(C)CC3)c(C(F)(F)F)c2)cc1C#Cc1c(N)ncc2ccc(F)cc12. The molecule has 0 aliphatic carbocycles. The van der Waals surface area contributed by atoms with Crippen LogP contribution in [0.1, 0.15) is 38.2 Å². The van der Waals surface area contributed by atoms with E-state index >= 15 is 0 Å². The average Bonchev–Trinajstić information content (AvgIpc) is 2.94. The van der Waals surface area contributed by atoms with E-state index < -0.39 is 23.5 Å². The number of nitrogens with two attached hydrogens (primary N) is 1. The summed E-state index contributed by atoms with van der Waals surface area (Å²) in [5.74, 6) is 5.07. The van der Waals surface area contributed by atoms with Crippen LogP contribution in [0.15, 0.2) is 60.8 Å². The number of amides is 1. The second kappa shape index (κ2) is 11.8. The molecule has 4 aromatic rings. The summed E-state index contributed by atoms with van der Waals surface area (Å²) in [6.45, 7) is 4.95. The lowest BCUT2D eigenvalue weighted by Gasteiger charge is -2.33. The summed E-state index contributed by atoms with van der Waals surface area (Å²) in [5.41, 5.74) is 7.32. The molecule has 5 rings (SSSR count). The third-order valence-electron chi connectivity index (χ3n) is 7.37. The third-order valence-corrected chi connectivity index (χ3v) is 7.37. The Morgan fingerprint density at radius 1 is 1.02 bits per heavy atom. The number of alkyl halides is 3. The van der Waals surface area contributed by atoms with Crippen molar-refractivity contribution in [1.82, 2.24) is 14.8 Å². The van der Waals surface area contributed by atoms with Crippen molar-refractivity contribution in [3.63, 3.8) is 0 Å². The Morgan fingerprint density at radius 3 is 2.52 bits per heavy atom. The number of likely N-dealkylation sites (N-methyl/N-ethyl adjacent to an activating group) is 1. The summed E-state index contributed by atoms with van der Waals surface area (Å²) in [7, 11) is 1.99. The van der Waals surface area contributed by atoms with Gasteiger partial charge in [-0.05, 0) is 67.6 Å². The summed E-state index contributed by atoms with van der Waals surface area (Å²) in [4.78, 5) is 21.4. The van der Waals surface area contributed by atoms with Crippen LogP contribution in [0.4, 0.5) is 29.1 Å². The van der Waals surface area contributed by atoms with Crippen LogP contribution in [0.25, 0.3) is 10.8 Å². The van der Waals surface area contributed by atoms with Crippen molar-refractivity contribution in [2.75, 3.05) is 44.3 Å². The van der Waals surface area contributed by atoms with E-state index in [0.29, 0.717) is 35.0 Å². The lowest BCUT2D eigenvalue weighted by molar-refractivity contribution is -0.138. The lowest BCUT2D eigenvalue weighted by Crippen LogP contribution is -2.44. The highest BCUT2D eigenvalue weighted by molar-refractivity contribution is 6.04. The molecule has 1 amide bonds. The number of anilines is 2. The minimum atomic E-state index is -4.57. The van der Waals surface area contributed by atoms with Crippen LogP contribution in [-0.2, 0) is 12.7 Å². The zero-order valence-electron chi connectivity index (χ0n) is 23.1. The maximum absolute atomic E-state index is 14.0. The molecule has 10 heteroatoms. The van der Waals surface area contributed by atoms with E-state index in [1.54, 1.807) is 24.3 Å². The predicted molar refractivity (Wildman–Crippen MR) is 155 cm³/mol. The highest BCUT2D eigenvalue weighted by Crippen LogP contribution is 2.35. The second-order valence-corrected chi connectivity index (χ2v) is 10.4. The van der Waals surface area contributed by atoms with E-state index in [1.165, 1.54) is 30.5 Å². The molecular formula is C32H29F4N5O. The summed E-state index contributed by atoms with van der Waals surface area (Å²) < 4.78 is 55.9. The van der Waals surface area contributed by atoms with Gasteiger partial charge < -0.3 is 16.0 Å². The first kappa shape index (κ1) is 29.0. The quantitative estimate of drug-likeness (QED) is 0.242. The van der Waals surface area contributed by atoms with Crippen molar-refractivity contribution >= 4 is 28.2 Å². The van der Waals surface area contributed by atoms with Crippen molar-refractivity contribution in [2.24, 2.45) is 0 Å². The molecule has 0 spiro atoms. The van der Waals surface area contributed by atoms with Gasteiger partial charge in [-0.1, -0.05) is 24.0 Å². The number of carbonyl (C=O) groups is 1. The molecule has 2 heterocycles. The predicted octanol–water partition coefficient (Wildman–Crippen LogP) is 5.68. The molecular weight excluding hydrogens is 546 g/mol. The Bertz CT molecular complexity index is 1710. The third kappa shape index (κ3) is 6.54. The van der Waals surface area contributed by atoms with Gasteiger partial charge in [-0.15, -0.1) is 0 Å². The first-order valence-corrected chi connectivity index (χ1v) is 13.4. The topological polar surface area (TPSA) is 74.5 Å². The van der Waals surface area contributed by atoms with Crippen LogP contribution in [0.2, 0.25) is 0 Å². The zero-order valence-corrected chi connectivity index (χ0v) is 23.1. The Balaban J connectivity index is 1.39. The van der Waals surface area contributed by atoms with Crippen molar-refractivity contribution < 1.29 is 22.4 Å². The Labute approximate surface area is 241 Å². The number of nitrogens with one attached hydrogen (secondary N) is 1. The molecule has 1 aromatic heterocycles. The average molecular weight is 576 g/mol. The van der Waals surface area contributed by atoms with Crippen molar-refractivity contribution in [3.05, 3.63) is 100.0 Å². The van der Waals surface area contributed by atoms with Crippen molar-refractivity contribution in [2.45, 2.75) is 19.6 Å². The van der Waals surface area contributed by atoms with Crippen LogP contribution >= 0.6 is 0 Å². The minimum Gasteiger partial charge on any atom is -0.383 e. The molecule has 1 fully saturated rings. The molecule has 0 radical (unpaired) electrons. The smallest absolute Gasteiger partial charge is 0.383 e. The molecule has 1 saturated heterocycles. The van der Waals surface area contributed by atoms with E-state index in [2.05, 4.69) is 27.0 Å². The Kier molecular flexibility index (Phi) is 8.16. The number of piperazine rings is 1. The molecule has 0 atom stereocenters. The molecule has 1 aliphatic rings.